The van der Waals surface area contributed by atoms with Crippen molar-refractivity contribution in [1.82, 2.24) is 14.5 Å². The average Bonchev–Trinajstić information content (AvgIpc) is 3.87. The molecule has 0 amide bonds. The number of carbonyl (C=O) groups is 5. The van der Waals surface area contributed by atoms with Crippen LogP contribution < -0.4 is 0 Å². The van der Waals surface area contributed by atoms with Gasteiger partial charge in [0.15, 0.2) is 36.2 Å². The van der Waals surface area contributed by atoms with Crippen LogP contribution in [0.4, 0.5) is 9.59 Å². The topological polar surface area (TPSA) is 208 Å². The SMILES string of the molecule is CC[C@H]1OC(=O)[C@H](C)[C@@H](O[C@H]2C[C@@](C)(OC)[C@@H](OC(=O)OCc3ccccc3)[C@H](C)O2)[C@H](C)[C@@H](O[C@@H]2O[C@H](C)C[C@H](N(C)C)[C@H]2OC(C)=O)[C@](C)(OC)C[C@@H](C)C(=O)/C(C)=C/[C@]1(C)OC(=O)n1ccnc1. The van der Waals surface area contributed by atoms with Crippen molar-refractivity contribution in [2.75, 3.05) is 28.3 Å². The highest BCUT2D eigenvalue weighted by molar-refractivity contribution is 5.96. The summed E-state index contributed by atoms with van der Waals surface area (Å²) in [5.74, 6) is -4.22. The number of likely N-dealkylation sites (N-methyl/N-ethyl adjacent to an activating group) is 1. The molecule has 1 aromatic carbocycles. The summed E-state index contributed by atoms with van der Waals surface area (Å²) in [5.41, 5.74) is -3.16. The standard InChI is InChI=1S/C52H77N3O16/c1-16-39-50(9,71-48(59)55-23-22-53-29-55)25-30(2)41(57)31(3)26-51(10,61-14)44(69-47-43(66-36(8)56)38(54(12)13)24-32(4)64-47)33(5)42(34(6)46(58)67-39)68-40-27-52(11,62-15)45(35(7)65-40)70-49(60)63-28-37-20-18-17-19-21-37/h17-23,25,29,31-35,38-40,42-45,47H,16,24,26-28H2,1-15H3/b30-25+/t31-,32-,33+,34-,35+,38+,39-,40+,42+,43-,44-,45+,47+,50+,51-,52-/m1/s1. The van der Waals surface area contributed by atoms with Crippen LogP contribution in [0.25, 0.3) is 0 Å². The molecule has 16 atom stereocenters. The van der Waals surface area contributed by atoms with Gasteiger partial charge in [0.1, 0.15) is 24.6 Å². The Balaban J connectivity index is 1.60. The minimum Gasteiger partial charge on any atom is -0.457 e. The van der Waals surface area contributed by atoms with Gasteiger partial charge in [0.2, 0.25) is 0 Å². The molecular weight excluding hydrogens is 923 g/mol. The molecule has 19 heteroatoms. The van der Waals surface area contributed by atoms with Crippen LogP contribution in [0.1, 0.15) is 107 Å². The summed E-state index contributed by atoms with van der Waals surface area (Å²) in [4.78, 5) is 74.9. The van der Waals surface area contributed by atoms with E-state index < -0.39 is 108 Å². The molecule has 3 aliphatic rings. The van der Waals surface area contributed by atoms with Gasteiger partial charge in [-0.2, -0.15) is 0 Å². The highest BCUT2D eigenvalue weighted by Gasteiger charge is 2.54. The van der Waals surface area contributed by atoms with E-state index in [0.29, 0.717) is 6.42 Å². The van der Waals surface area contributed by atoms with Crippen LogP contribution in [0.3, 0.4) is 0 Å². The zero-order valence-electron chi connectivity index (χ0n) is 44.1. The Bertz CT molecular complexity index is 2140. The largest absolute Gasteiger partial charge is 0.509 e. The number of ether oxygens (including phenoxy) is 11. The Morgan fingerprint density at radius 3 is 2.14 bits per heavy atom. The van der Waals surface area contributed by atoms with E-state index in [4.69, 9.17) is 52.1 Å². The van der Waals surface area contributed by atoms with Crippen molar-refractivity contribution < 1.29 is 76.1 Å². The van der Waals surface area contributed by atoms with Crippen LogP contribution in [0, 0.1) is 17.8 Å². The van der Waals surface area contributed by atoms with Crippen LogP contribution in [0.5, 0.6) is 0 Å². The summed E-state index contributed by atoms with van der Waals surface area (Å²) in [6, 6.07) is 8.87. The van der Waals surface area contributed by atoms with Crippen LogP contribution >= 0.6 is 0 Å². The van der Waals surface area contributed by atoms with Gasteiger partial charge in [-0.3, -0.25) is 14.4 Å². The summed E-state index contributed by atoms with van der Waals surface area (Å²) >= 11 is 0. The zero-order chi connectivity index (χ0) is 52.6. The molecule has 2 saturated heterocycles. The number of aromatic nitrogens is 2. The van der Waals surface area contributed by atoms with Gasteiger partial charge in [0, 0.05) is 51.8 Å². The molecule has 396 valence electrons. The second-order valence-electron chi connectivity index (χ2n) is 20.2. The first-order valence-electron chi connectivity index (χ1n) is 24.5. The number of hydrogen-bond donors (Lipinski definition) is 0. The quantitative estimate of drug-likeness (QED) is 0.143. The fourth-order valence-corrected chi connectivity index (χ4v) is 10.3. The monoisotopic (exact) mass is 1000 g/mol. The molecule has 1 aromatic heterocycles. The number of imidazole rings is 1. The summed E-state index contributed by atoms with van der Waals surface area (Å²) < 4.78 is 70.6. The van der Waals surface area contributed by atoms with E-state index in [-0.39, 0.29) is 49.4 Å². The number of hydrogen-bond acceptors (Lipinski definition) is 18. The van der Waals surface area contributed by atoms with Crippen molar-refractivity contribution in [1.29, 1.82) is 0 Å². The predicted molar refractivity (Wildman–Crippen MR) is 257 cm³/mol. The molecule has 4 heterocycles. The molecule has 0 unspecified atom stereocenters. The maximum Gasteiger partial charge on any atom is 0.509 e. The molecular formula is C52H77N3O16. The number of benzene rings is 1. The maximum atomic E-state index is 15.0. The van der Waals surface area contributed by atoms with Crippen molar-refractivity contribution in [3.8, 4) is 0 Å². The number of allylic oxidation sites excluding steroid dienone is 1. The first-order valence-corrected chi connectivity index (χ1v) is 24.5. The molecule has 0 N–H and O–H groups in total. The lowest BCUT2D eigenvalue weighted by Gasteiger charge is -2.50. The van der Waals surface area contributed by atoms with E-state index in [1.54, 1.807) is 48.5 Å². The molecule has 2 fully saturated rings. The zero-order valence-corrected chi connectivity index (χ0v) is 44.1. The van der Waals surface area contributed by atoms with Gasteiger partial charge >= 0.3 is 24.2 Å². The molecule has 0 bridgehead atoms. The van der Waals surface area contributed by atoms with Gasteiger partial charge < -0.3 is 57.0 Å². The van der Waals surface area contributed by atoms with Gasteiger partial charge in [-0.15, -0.1) is 0 Å². The van der Waals surface area contributed by atoms with E-state index in [1.807, 2.05) is 70.1 Å². The normalized spacial score (nSPS) is 37.2. The lowest BCUT2D eigenvalue weighted by Crippen LogP contribution is -2.61. The number of carbonyl (C=O) groups excluding carboxylic acids is 5. The molecule has 0 spiro atoms. The predicted octanol–water partition coefficient (Wildman–Crippen LogP) is 7.21. The van der Waals surface area contributed by atoms with Crippen molar-refractivity contribution >= 4 is 30.0 Å². The first kappa shape index (κ1) is 57.1. The van der Waals surface area contributed by atoms with Crippen molar-refractivity contribution in [3.63, 3.8) is 0 Å². The smallest absolute Gasteiger partial charge is 0.457 e. The van der Waals surface area contributed by atoms with E-state index >= 15 is 0 Å². The van der Waals surface area contributed by atoms with E-state index in [2.05, 4.69) is 4.98 Å². The maximum absolute atomic E-state index is 15.0. The minimum atomic E-state index is -1.66. The second-order valence-corrected chi connectivity index (χ2v) is 20.2. The van der Waals surface area contributed by atoms with Crippen molar-refractivity contribution in [2.45, 2.75) is 187 Å². The van der Waals surface area contributed by atoms with Gasteiger partial charge in [0.05, 0.1) is 42.0 Å². The Morgan fingerprint density at radius 1 is 0.887 bits per heavy atom. The third-order valence-electron chi connectivity index (χ3n) is 14.3. The van der Waals surface area contributed by atoms with Crippen LogP contribution in [0.2, 0.25) is 0 Å². The van der Waals surface area contributed by atoms with Crippen molar-refractivity contribution in [2.24, 2.45) is 17.8 Å². The fraction of sp³-hybridized carbons (Fsp3) is 0.692. The Hall–Kier alpha value is -4.76. The number of Topliss-reactive ketones (excluding diaryl/α,β-unsaturated/α-hetero) is 1. The van der Waals surface area contributed by atoms with Crippen molar-refractivity contribution in [3.05, 3.63) is 66.3 Å². The van der Waals surface area contributed by atoms with Gasteiger partial charge in [-0.25, -0.2) is 19.1 Å². The summed E-state index contributed by atoms with van der Waals surface area (Å²) in [7, 11) is 6.77. The number of methoxy groups -OCH3 is 2. The summed E-state index contributed by atoms with van der Waals surface area (Å²) in [5, 5.41) is 0. The number of rotatable bonds is 13. The van der Waals surface area contributed by atoms with Crippen LogP contribution in [-0.4, -0.2) is 151 Å². The van der Waals surface area contributed by atoms with E-state index in [0.717, 1.165) is 10.1 Å². The fourth-order valence-electron chi connectivity index (χ4n) is 10.3. The van der Waals surface area contributed by atoms with Gasteiger partial charge in [-0.1, -0.05) is 51.1 Å². The Labute approximate surface area is 418 Å². The number of esters is 2. The van der Waals surface area contributed by atoms with E-state index in [1.165, 1.54) is 45.9 Å². The second kappa shape index (κ2) is 24.3. The average molecular weight is 1000 g/mol. The molecule has 0 saturated carbocycles. The van der Waals surface area contributed by atoms with E-state index in [9.17, 15) is 24.0 Å². The Morgan fingerprint density at radius 2 is 1.55 bits per heavy atom. The summed E-state index contributed by atoms with van der Waals surface area (Å²) in [6.07, 6.45) is -3.84. The third kappa shape index (κ3) is 13.9. The third-order valence-corrected chi connectivity index (χ3v) is 14.3. The lowest BCUT2D eigenvalue weighted by molar-refractivity contribution is -0.320. The molecule has 2 aromatic rings. The molecule has 5 rings (SSSR count). The number of ketones is 1. The molecule has 3 aliphatic heterocycles. The molecule has 0 radical (unpaired) electrons. The molecule has 71 heavy (non-hydrogen) atoms. The van der Waals surface area contributed by atoms with Gasteiger partial charge in [-0.05, 0) is 99.0 Å². The number of nitrogens with zero attached hydrogens (tertiary/aromatic N) is 3. The first-order chi connectivity index (χ1) is 33.4. The lowest BCUT2D eigenvalue weighted by atomic mass is 9.76. The molecule has 19 nitrogen and oxygen atoms in total. The molecule has 0 aliphatic carbocycles. The Kier molecular flexibility index (Phi) is 19.6. The van der Waals surface area contributed by atoms with Crippen LogP contribution in [-0.2, 0) is 73.1 Å². The highest BCUT2D eigenvalue weighted by atomic mass is 16.8. The summed E-state index contributed by atoms with van der Waals surface area (Å²) in [6.45, 7) is 18.8. The van der Waals surface area contributed by atoms with Gasteiger partial charge in [0.25, 0.3) is 0 Å². The highest BCUT2D eigenvalue weighted by Crippen LogP contribution is 2.42. The minimum absolute atomic E-state index is 0.00952. The number of cyclic esters (lactones) is 1. The van der Waals surface area contributed by atoms with Crippen LogP contribution in [0.15, 0.2) is 60.7 Å².